The number of nitrogens with one attached hydrogen (secondary N) is 1. The first kappa shape index (κ1) is 14.6. The first-order valence-electron chi connectivity index (χ1n) is 6.48. The van der Waals surface area contributed by atoms with Crippen LogP contribution in [0.2, 0.25) is 5.02 Å². The van der Waals surface area contributed by atoms with Crippen LogP contribution in [0.3, 0.4) is 0 Å². The molecule has 1 atom stereocenters. The summed E-state index contributed by atoms with van der Waals surface area (Å²) >= 11 is 5.96. The SMILES string of the molecule is CCCC(N)C(=O)Nc1ccnn1-c1cccc(Cl)c1. The minimum absolute atomic E-state index is 0.212. The molecule has 0 radical (unpaired) electrons. The van der Waals surface area contributed by atoms with E-state index in [0.717, 1.165) is 12.1 Å². The number of nitrogens with two attached hydrogens (primary N) is 1. The molecule has 1 aromatic carbocycles. The van der Waals surface area contributed by atoms with Crippen molar-refractivity contribution in [3.8, 4) is 5.69 Å². The summed E-state index contributed by atoms with van der Waals surface area (Å²) in [6.45, 7) is 1.99. The molecule has 106 valence electrons. The van der Waals surface area contributed by atoms with Crippen molar-refractivity contribution in [2.45, 2.75) is 25.8 Å². The fourth-order valence-corrected chi connectivity index (χ4v) is 2.06. The van der Waals surface area contributed by atoms with Crippen LogP contribution in [0.5, 0.6) is 0 Å². The molecule has 0 aliphatic heterocycles. The second kappa shape index (κ2) is 6.54. The van der Waals surface area contributed by atoms with E-state index in [1.807, 2.05) is 19.1 Å². The lowest BCUT2D eigenvalue weighted by atomic mass is 10.2. The van der Waals surface area contributed by atoms with Gasteiger partial charge in [0.1, 0.15) is 5.82 Å². The number of nitrogens with zero attached hydrogens (tertiary/aromatic N) is 2. The lowest BCUT2D eigenvalue weighted by Gasteiger charge is -2.12. The molecule has 0 saturated carbocycles. The van der Waals surface area contributed by atoms with E-state index in [4.69, 9.17) is 17.3 Å². The van der Waals surface area contributed by atoms with Crippen LogP contribution in [0.4, 0.5) is 5.82 Å². The van der Waals surface area contributed by atoms with E-state index in [9.17, 15) is 4.79 Å². The summed E-state index contributed by atoms with van der Waals surface area (Å²) in [5.74, 6) is 0.361. The lowest BCUT2D eigenvalue weighted by Crippen LogP contribution is -2.35. The number of hydrogen-bond acceptors (Lipinski definition) is 3. The molecule has 5 nitrogen and oxygen atoms in total. The van der Waals surface area contributed by atoms with E-state index in [-0.39, 0.29) is 5.91 Å². The van der Waals surface area contributed by atoms with Crippen molar-refractivity contribution < 1.29 is 4.79 Å². The molecule has 2 aromatic rings. The molecule has 1 aromatic heterocycles. The van der Waals surface area contributed by atoms with E-state index in [0.29, 0.717) is 17.3 Å². The second-order valence-corrected chi connectivity index (χ2v) is 4.93. The molecule has 1 unspecified atom stereocenters. The number of carbonyl (C=O) groups excluding carboxylic acids is 1. The first-order chi connectivity index (χ1) is 9.61. The van der Waals surface area contributed by atoms with Gasteiger partial charge in [-0.2, -0.15) is 5.10 Å². The van der Waals surface area contributed by atoms with E-state index in [1.54, 1.807) is 29.1 Å². The minimum atomic E-state index is -0.511. The molecule has 0 fully saturated rings. The fraction of sp³-hybridized carbons (Fsp3) is 0.286. The quantitative estimate of drug-likeness (QED) is 0.889. The molecule has 1 heterocycles. The molecule has 3 N–H and O–H groups in total. The number of hydrogen-bond donors (Lipinski definition) is 2. The van der Waals surface area contributed by atoms with E-state index >= 15 is 0 Å². The van der Waals surface area contributed by atoms with Crippen LogP contribution in [0.15, 0.2) is 36.5 Å². The molecular formula is C14H17ClN4O. The van der Waals surface area contributed by atoms with E-state index in [2.05, 4.69) is 10.4 Å². The molecule has 0 saturated heterocycles. The average molecular weight is 293 g/mol. The van der Waals surface area contributed by atoms with Gasteiger partial charge in [-0.25, -0.2) is 4.68 Å². The maximum Gasteiger partial charge on any atom is 0.242 e. The van der Waals surface area contributed by atoms with Gasteiger partial charge in [0.25, 0.3) is 0 Å². The van der Waals surface area contributed by atoms with Gasteiger partial charge in [-0.15, -0.1) is 0 Å². The number of aromatic nitrogens is 2. The van der Waals surface area contributed by atoms with E-state index in [1.165, 1.54) is 0 Å². The van der Waals surface area contributed by atoms with Gasteiger partial charge in [0.15, 0.2) is 0 Å². The summed E-state index contributed by atoms with van der Waals surface area (Å²) in [6.07, 6.45) is 3.13. The summed E-state index contributed by atoms with van der Waals surface area (Å²) in [5.41, 5.74) is 6.57. The Morgan fingerprint density at radius 3 is 3.00 bits per heavy atom. The highest BCUT2D eigenvalue weighted by Crippen LogP contribution is 2.18. The van der Waals surface area contributed by atoms with Crippen molar-refractivity contribution in [1.82, 2.24) is 9.78 Å². The molecule has 0 aliphatic carbocycles. The van der Waals surface area contributed by atoms with Crippen LogP contribution in [0.1, 0.15) is 19.8 Å². The highest BCUT2D eigenvalue weighted by atomic mass is 35.5. The van der Waals surface area contributed by atoms with Crippen LogP contribution in [-0.2, 0) is 4.79 Å². The Hall–Kier alpha value is -1.85. The number of anilines is 1. The smallest absolute Gasteiger partial charge is 0.242 e. The van der Waals surface area contributed by atoms with Crippen LogP contribution in [0.25, 0.3) is 5.69 Å². The van der Waals surface area contributed by atoms with Crippen LogP contribution >= 0.6 is 11.6 Å². The van der Waals surface area contributed by atoms with Crippen LogP contribution < -0.4 is 11.1 Å². The highest BCUT2D eigenvalue weighted by molar-refractivity contribution is 6.30. The first-order valence-corrected chi connectivity index (χ1v) is 6.86. The summed E-state index contributed by atoms with van der Waals surface area (Å²) < 4.78 is 1.61. The Morgan fingerprint density at radius 1 is 1.50 bits per heavy atom. The summed E-state index contributed by atoms with van der Waals surface area (Å²) in [4.78, 5) is 11.9. The third-order valence-corrected chi connectivity index (χ3v) is 3.12. The molecule has 20 heavy (non-hydrogen) atoms. The largest absolute Gasteiger partial charge is 0.320 e. The number of benzene rings is 1. The van der Waals surface area contributed by atoms with Crippen LogP contribution in [-0.4, -0.2) is 21.7 Å². The topological polar surface area (TPSA) is 72.9 Å². The number of halogens is 1. The highest BCUT2D eigenvalue weighted by Gasteiger charge is 2.15. The van der Waals surface area contributed by atoms with Crippen molar-refractivity contribution >= 4 is 23.3 Å². The van der Waals surface area contributed by atoms with Crippen molar-refractivity contribution in [2.24, 2.45) is 5.73 Å². The Balaban J connectivity index is 2.19. The molecule has 0 bridgehead atoms. The molecular weight excluding hydrogens is 276 g/mol. The fourth-order valence-electron chi connectivity index (χ4n) is 1.87. The molecule has 6 heteroatoms. The zero-order valence-electron chi connectivity index (χ0n) is 11.2. The minimum Gasteiger partial charge on any atom is -0.320 e. The van der Waals surface area contributed by atoms with Crippen LogP contribution in [0, 0.1) is 0 Å². The van der Waals surface area contributed by atoms with Gasteiger partial charge in [0, 0.05) is 11.1 Å². The zero-order chi connectivity index (χ0) is 14.5. The van der Waals surface area contributed by atoms with Gasteiger partial charge >= 0.3 is 0 Å². The number of amides is 1. The maximum atomic E-state index is 11.9. The summed E-state index contributed by atoms with van der Waals surface area (Å²) in [5, 5.41) is 7.58. The van der Waals surface area contributed by atoms with Gasteiger partial charge in [0.2, 0.25) is 5.91 Å². The third kappa shape index (κ3) is 3.37. The van der Waals surface area contributed by atoms with Gasteiger partial charge < -0.3 is 11.1 Å². The number of carbonyl (C=O) groups is 1. The van der Waals surface area contributed by atoms with Crippen molar-refractivity contribution in [3.05, 3.63) is 41.6 Å². The average Bonchev–Trinajstić information content (AvgIpc) is 2.87. The summed E-state index contributed by atoms with van der Waals surface area (Å²) in [6, 6.07) is 8.45. The van der Waals surface area contributed by atoms with Gasteiger partial charge in [-0.1, -0.05) is 31.0 Å². The molecule has 2 rings (SSSR count). The lowest BCUT2D eigenvalue weighted by molar-refractivity contribution is -0.117. The molecule has 1 amide bonds. The second-order valence-electron chi connectivity index (χ2n) is 4.49. The molecule has 0 spiro atoms. The standard InChI is InChI=1S/C14H17ClN4O/c1-2-4-12(16)14(20)18-13-7-8-17-19(13)11-6-3-5-10(15)9-11/h3,5-9,12H,2,4,16H2,1H3,(H,18,20). The van der Waals surface area contributed by atoms with Crippen molar-refractivity contribution in [3.63, 3.8) is 0 Å². The molecule has 0 aliphatic rings. The Morgan fingerprint density at radius 2 is 2.30 bits per heavy atom. The Labute approximate surface area is 122 Å². The Kier molecular flexibility index (Phi) is 4.76. The maximum absolute atomic E-state index is 11.9. The summed E-state index contributed by atoms with van der Waals surface area (Å²) in [7, 11) is 0. The zero-order valence-corrected chi connectivity index (χ0v) is 12.0. The predicted molar refractivity (Wildman–Crippen MR) is 80.1 cm³/mol. The van der Waals surface area contributed by atoms with E-state index < -0.39 is 6.04 Å². The predicted octanol–water partition coefficient (Wildman–Crippen LogP) is 2.59. The van der Waals surface area contributed by atoms with Crippen molar-refractivity contribution in [1.29, 1.82) is 0 Å². The normalized spacial score (nSPS) is 12.2. The van der Waals surface area contributed by atoms with Crippen molar-refractivity contribution in [2.75, 3.05) is 5.32 Å². The Bertz CT molecular complexity index is 596. The van der Waals surface area contributed by atoms with Gasteiger partial charge in [0.05, 0.1) is 17.9 Å². The third-order valence-electron chi connectivity index (χ3n) is 2.88. The monoisotopic (exact) mass is 292 g/mol. The van der Waals surface area contributed by atoms with Gasteiger partial charge in [-0.05, 0) is 24.6 Å². The van der Waals surface area contributed by atoms with Gasteiger partial charge in [-0.3, -0.25) is 4.79 Å². The number of rotatable bonds is 5.